The molecule has 0 aliphatic carbocycles. The Morgan fingerprint density at radius 2 is 2.20 bits per heavy atom. The second-order valence-electron chi connectivity index (χ2n) is 6.10. The van der Waals surface area contributed by atoms with Gasteiger partial charge in [-0.3, -0.25) is 0 Å². The van der Waals surface area contributed by atoms with Gasteiger partial charge in [0.25, 0.3) is 0 Å². The van der Waals surface area contributed by atoms with Gasteiger partial charge in [0.05, 0.1) is 16.0 Å². The Morgan fingerprint density at radius 3 is 2.96 bits per heavy atom. The van der Waals surface area contributed by atoms with Crippen molar-refractivity contribution in [3.63, 3.8) is 0 Å². The van der Waals surface area contributed by atoms with E-state index in [0.717, 1.165) is 32.5 Å². The van der Waals surface area contributed by atoms with Gasteiger partial charge in [-0.15, -0.1) is 10.2 Å². The SMILES string of the molecule is Cn1c(SCc2cc(Br)c3c(c2)OCO3)nnc1C1CCS(=O)(=O)C1. The molecule has 0 spiro atoms. The van der Waals surface area contributed by atoms with Crippen LogP contribution in [0.3, 0.4) is 0 Å². The molecule has 2 aliphatic heterocycles. The summed E-state index contributed by atoms with van der Waals surface area (Å²) >= 11 is 5.05. The van der Waals surface area contributed by atoms with E-state index >= 15 is 0 Å². The third kappa shape index (κ3) is 3.39. The summed E-state index contributed by atoms with van der Waals surface area (Å²) in [5.41, 5.74) is 1.08. The molecular formula is C15H16BrN3O4S2. The lowest BCUT2D eigenvalue weighted by Crippen LogP contribution is -2.09. The molecule has 3 heterocycles. The number of nitrogens with zero attached hydrogens (tertiary/aromatic N) is 3. The first-order chi connectivity index (χ1) is 11.9. The third-order valence-electron chi connectivity index (χ3n) is 4.32. The van der Waals surface area contributed by atoms with Crippen LogP contribution in [-0.4, -0.2) is 41.5 Å². The van der Waals surface area contributed by atoms with E-state index in [2.05, 4.69) is 26.1 Å². The van der Waals surface area contributed by atoms with Crippen LogP contribution in [0, 0.1) is 0 Å². The maximum atomic E-state index is 11.7. The number of ether oxygens (including phenoxy) is 2. The number of halogens is 1. The first kappa shape index (κ1) is 17.2. The van der Waals surface area contributed by atoms with Crippen molar-refractivity contribution in [2.45, 2.75) is 23.2 Å². The standard InChI is InChI=1S/C15H16BrN3O4S2/c1-19-14(10-2-3-25(20,21)7-10)17-18-15(19)24-6-9-4-11(16)13-12(5-9)22-8-23-13/h4-5,10H,2-3,6-8H2,1H3. The highest BCUT2D eigenvalue weighted by molar-refractivity contribution is 9.10. The summed E-state index contributed by atoms with van der Waals surface area (Å²) in [7, 11) is -1.05. The van der Waals surface area contributed by atoms with Gasteiger partial charge in [-0.2, -0.15) is 0 Å². The van der Waals surface area contributed by atoms with Crippen LogP contribution in [0.25, 0.3) is 0 Å². The Kier molecular flexibility index (Phi) is 4.45. The number of aromatic nitrogens is 3. The van der Waals surface area contributed by atoms with Crippen molar-refractivity contribution in [3.8, 4) is 11.5 Å². The van der Waals surface area contributed by atoms with Crippen LogP contribution in [0.4, 0.5) is 0 Å². The monoisotopic (exact) mass is 445 g/mol. The van der Waals surface area contributed by atoms with Crippen LogP contribution < -0.4 is 9.47 Å². The maximum Gasteiger partial charge on any atom is 0.231 e. The molecule has 25 heavy (non-hydrogen) atoms. The third-order valence-corrected chi connectivity index (χ3v) is 7.77. The Balaban J connectivity index is 1.48. The van der Waals surface area contributed by atoms with Gasteiger partial charge >= 0.3 is 0 Å². The van der Waals surface area contributed by atoms with E-state index < -0.39 is 9.84 Å². The van der Waals surface area contributed by atoms with Crippen molar-refractivity contribution in [3.05, 3.63) is 28.0 Å². The van der Waals surface area contributed by atoms with E-state index in [1.165, 1.54) is 0 Å². The molecule has 1 aromatic heterocycles. The summed E-state index contributed by atoms with van der Waals surface area (Å²) in [6.45, 7) is 0.238. The summed E-state index contributed by atoms with van der Waals surface area (Å²) in [6.07, 6.45) is 0.619. The summed E-state index contributed by atoms with van der Waals surface area (Å²) in [6, 6.07) is 3.96. The van der Waals surface area contributed by atoms with Crippen LogP contribution in [0.1, 0.15) is 23.7 Å². The summed E-state index contributed by atoms with van der Waals surface area (Å²) in [4.78, 5) is 0. The Labute approximate surface area is 158 Å². The predicted molar refractivity (Wildman–Crippen MR) is 96.8 cm³/mol. The summed E-state index contributed by atoms with van der Waals surface area (Å²) < 4.78 is 37.0. The van der Waals surface area contributed by atoms with Crippen LogP contribution in [-0.2, 0) is 22.6 Å². The fourth-order valence-electron chi connectivity index (χ4n) is 3.06. The van der Waals surface area contributed by atoms with Gasteiger partial charge in [-0.1, -0.05) is 11.8 Å². The smallest absolute Gasteiger partial charge is 0.231 e. The highest BCUT2D eigenvalue weighted by Crippen LogP contribution is 2.41. The van der Waals surface area contributed by atoms with Gasteiger partial charge in [-0.25, -0.2) is 8.42 Å². The van der Waals surface area contributed by atoms with Crippen molar-refractivity contribution < 1.29 is 17.9 Å². The van der Waals surface area contributed by atoms with E-state index in [4.69, 9.17) is 9.47 Å². The Hall–Kier alpha value is -1.26. The van der Waals surface area contributed by atoms with E-state index in [1.54, 1.807) is 11.8 Å². The van der Waals surface area contributed by atoms with Crippen LogP contribution in [0.15, 0.2) is 21.8 Å². The maximum absolute atomic E-state index is 11.7. The quantitative estimate of drug-likeness (QED) is 0.668. The summed E-state index contributed by atoms with van der Waals surface area (Å²) in [5, 5.41) is 9.23. The van der Waals surface area contributed by atoms with Gasteiger partial charge in [-0.05, 0) is 40.0 Å². The number of fused-ring (bicyclic) bond motifs is 1. The van der Waals surface area contributed by atoms with Crippen LogP contribution in [0.2, 0.25) is 0 Å². The van der Waals surface area contributed by atoms with Crippen molar-refractivity contribution in [1.82, 2.24) is 14.8 Å². The molecule has 10 heteroatoms. The Bertz CT molecular complexity index is 929. The van der Waals surface area contributed by atoms with Crippen LogP contribution in [0.5, 0.6) is 11.5 Å². The highest BCUT2D eigenvalue weighted by atomic mass is 79.9. The number of thioether (sulfide) groups is 1. The van der Waals surface area contributed by atoms with E-state index in [0.29, 0.717) is 12.2 Å². The molecule has 0 amide bonds. The first-order valence-corrected chi connectivity index (χ1v) is 11.3. The number of hydrogen-bond acceptors (Lipinski definition) is 7. The lowest BCUT2D eigenvalue weighted by molar-refractivity contribution is 0.173. The van der Waals surface area contributed by atoms with E-state index in [-0.39, 0.29) is 24.2 Å². The number of rotatable bonds is 4. The van der Waals surface area contributed by atoms with Crippen molar-refractivity contribution >= 4 is 37.5 Å². The molecule has 0 saturated carbocycles. The minimum absolute atomic E-state index is 0.0588. The van der Waals surface area contributed by atoms with Crippen molar-refractivity contribution in [1.29, 1.82) is 0 Å². The zero-order valence-corrected chi connectivity index (χ0v) is 16.7. The van der Waals surface area contributed by atoms with Gasteiger partial charge in [0.15, 0.2) is 26.5 Å². The van der Waals surface area contributed by atoms with Gasteiger partial charge in [0, 0.05) is 18.7 Å². The number of hydrogen-bond donors (Lipinski definition) is 0. The Morgan fingerprint density at radius 1 is 1.36 bits per heavy atom. The molecule has 0 radical (unpaired) electrons. The van der Waals surface area contributed by atoms with Crippen molar-refractivity contribution in [2.24, 2.45) is 7.05 Å². The van der Waals surface area contributed by atoms with Gasteiger partial charge < -0.3 is 14.0 Å². The molecule has 1 saturated heterocycles. The normalized spacial score (nSPS) is 21.0. The molecule has 2 aromatic rings. The topological polar surface area (TPSA) is 83.3 Å². The molecular weight excluding hydrogens is 430 g/mol. The molecule has 2 aliphatic rings. The fraction of sp³-hybridized carbons (Fsp3) is 0.467. The van der Waals surface area contributed by atoms with E-state index in [9.17, 15) is 8.42 Å². The molecule has 1 fully saturated rings. The fourth-order valence-corrected chi connectivity index (χ4v) is 6.25. The minimum atomic E-state index is -2.94. The molecule has 0 N–H and O–H groups in total. The second kappa shape index (κ2) is 6.48. The van der Waals surface area contributed by atoms with Crippen molar-refractivity contribution in [2.75, 3.05) is 18.3 Å². The highest BCUT2D eigenvalue weighted by Gasteiger charge is 2.32. The number of benzene rings is 1. The molecule has 0 bridgehead atoms. The lowest BCUT2D eigenvalue weighted by Gasteiger charge is -2.08. The average Bonchev–Trinajstić information content (AvgIpc) is 3.24. The average molecular weight is 446 g/mol. The molecule has 1 aromatic carbocycles. The van der Waals surface area contributed by atoms with Crippen LogP contribution >= 0.6 is 27.7 Å². The first-order valence-electron chi connectivity index (χ1n) is 7.73. The lowest BCUT2D eigenvalue weighted by atomic mass is 10.1. The summed E-state index contributed by atoms with van der Waals surface area (Å²) in [5.74, 6) is 3.25. The molecule has 1 atom stereocenters. The number of sulfone groups is 1. The molecule has 134 valence electrons. The van der Waals surface area contributed by atoms with Gasteiger partial charge in [0.2, 0.25) is 6.79 Å². The predicted octanol–water partition coefficient (Wildman–Crippen LogP) is 2.50. The molecule has 1 unspecified atom stereocenters. The largest absolute Gasteiger partial charge is 0.454 e. The zero-order valence-electron chi connectivity index (χ0n) is 13.4. The zero-order chi connectivity index (χ0) is 17.6. The van der Waals surface area contributed by atoms with Gasteiger partial charge in [0.1, 0.15) is 5.82 Å². The van der Waals surface area contributed by atoms with E-state index in [1.807, 2.05) is 23.7 Å². The molecule has 4 rings (SSSR count). The second-order valence-corrected chi connectivity index (χ2v) is 10.1. The molecule has 7 nitrogen and oxygen atoms in total. The minimum Gasteiger partial charge on any atom is -0.454 e.